The van der Waals surface area contributed by atoms with Crippen LogP contribution in [0.25, 0.3) is 11.5 Å². The number of hydrogen-bond donors (Lipinski definition) is 4. The third-order valence-corrected chi connectivity index (χ3v) is 3.97. The number of rotatable bonds is 6. The van der Waals surface area contributed by atoms with Gasteiger partial charge in [-0.25, -0.2) is 9.78 Å². The normalized spacial score (nSPS) is 12.2. The molecule has 0 atom stereocenters. The number of furan rings is 1. The maximum atomic E-state index is 10.7. The molecule has 25 heavy (non-hydrogen) atoms. The van der Waals surface area contributed by atoms with Crippen molar-refractivity contribution in [3.63, 3.8) is 0 Å². The van der Waals surface area contributed by atoms with Gasteiger partial charge in [-0.15, -0.1) is 11.3 Å². The predicted molar refractivity (Wildman–Crippen MR) is 99.6 cm³/mol. The molecule has 0 radical (unpaired) electrons. The van der Waals surface area contributed by atoms with E-state index in [1.807, 2.05) is 5.38 Å². The number of aliphatic imine (C=N–C) groups is 1. The van der Waals surface area contributed by atoms with Crippen molar-refractivity contribution >= 4 is 28.5 Å². The van der Waals surface area contributed by atoms with Crippen LogP contribution < -0.4 is 22.1 Å². The summed E-state index contributed by atoms with van der Waals surface area (Å²) in [4.78, 5) is 19.4. The molecule has 0 aromatic carbocycles. The first-order valence-corrected chi connectivity index (χ1v) is 8.77. The number of nitrogens with one attached hydrogen (secondary N) is 2. The van der Waals surface area contributed by atoms with Gasteiger partial charge >= 0.3 is 6.03 Å². The van der Waals surface area contributed by atoms with Crippen molar-refractivity contribution in [3.05, 3.63) is 23.3 Å². The van der Waals surface area contributed by atoms with Gasteiger partial charge in [0.1, 0.15) is 11.5 Å². The maximum Gasteiger partial charge on any atom is 0.312 e. The van der Waals surface area contributed by atoms with E-state index in [9.17, 15) is 4.79 Å². The van der Waals surface area contributed by atoms with Crippen molar-refractivity contribution in [3.8, 4) is 11.5 Å². The Bertz CT molecular complexity index is 744. The highest BCUT2D eigenvalue weighted by Gasteiger charge is 2.11. The minimum Gasteiger partial charge on any atom is -0.458 e. The van der Waals surface area contributed by atoms with E-state index in [2.05, 4.69) is 41.4 Å². The molecule has 6 N–H and O–H groups in total. The first-order chi connectivity index (χ1) is 11.7. The third kappa shape index (κ3) is 6.46. The van der Waals surface area contributed by atoms with E-state index in [0.717, 1.165) is 13.0 Å². The first kappa shape index (κ1) is 18.8. The Labute approximate surface area is 150 Å². The van der Waals surface area contributed by atoms with E-state index in [0.29, 0.717) is 28.3 Å². The van der Waals surface area contributed by atoms with Crippen molar-refractivity contribution in [2.24, 2.45) is 21.9 Å². The fourth-order valence-corrected chi connectivity index (χ4v) is 2.61. The summed E-state index contributed by atoms with van der Waals surface area (Å²) in [6.45, 7) is 7.50. The average Bonchev–Trinajstić information content (AvgIpc) is 3.12. The Morgan fingerprint density at radius 2 is 2.08 bits per heavy atom. The van der Waals surface area contributed by atoms with Gasteiger partial charge < -0.3 is 26.5 Å². The van der Waals surface area contributed by atoms with Gasteiger partial charge in [-0.3, -0.25) is 0 Å². The van der Waals surface area contributed by atoms with E-state index in [4.69, 9.17) is 15.9 Å². The van der Waals surface area contributed by atoms with Gasteiger partial charge in [0.25, 0.3) is 0 Å². The number of amides is 2. The third-order valence-electron chi connectivity index (χ3n) is 3.24. The van der Waals surface area contributed by atoms with E-state index >= 15 is 0 Å². The molecule has 0 fully saturated rings. The van der Waals surface area contributed by atoms with Crippen molar-refractivity contribution in [2.75, 3.05) is 6.54 Å². The SMILES string of the molecule is CC(C)(C)CCNC(N)=Nc1nc(-c2ccc(CNC(N)=O)o2)cs1. The van der Waals surface area contributed by atoms with Crippen LogP contribution in [0.3, 0.4) is 0 Å². The van der Waals surface area contributed by atoms with Crippen LogP contribution >= 0.6 is 11.3 Å². The average molecular weight is 364 g/mol. The number of thiazole rings is 1. The number of primary amides is 1. The number of hydrogen-bond acceptors (Lipinski definition) is 5. The largest absolute Gasteiger partial charge is 0.458 e. The molecule has 0 spiro atoms. The fourth-order valence-electron chi connectivity index (χ4n) is 1.92. The molecule has 2 aromatic heterocycles. The number of guanidine groups is 1. The summed E-state index contributed by atoms with van der Waals surface area (Å²) >= 11 is 1.37. The molecular weight excluding hydrogens is 340 g/mol. The molecule has 2 aromatic rings. The molecule has 2 heterocycles. The standard InChI is InChI=1S/C16H24N6O2S/c1-16(2,3)6-7-19-13(17)22-15-21-11(9-25-15)12-5-4-10(24-12)8-20-14(18)23/h4-5,9H,6-8H2,1-3H3,(H3,18,20,23)(H3,17,19,21,22). The summed E-state index contributed by atoms with van der Waals surface area (Å²) in [6.07, 6.45) is 0.987. The van der Waals surface area contributed by atoms with Crippen LogP contribution in [0.15, 0.2) is 26.9 Å². The zero-order chi connectivity index (χ0) is 18.4. The van der Waals surface area contributed by atoms with E-state index in [1.165, 1.54) is 11.3 Å². The van der Waals surface area contributed by atoms with Crippen LogP contribution in [0.1, 0.15) is 33.0 Å². The quantitative estimate of drug-likeness (QED) is 0.462. The van der Waals surface area contributed by atoms with Crippen LogP contribution in [0, 0.1) is 5.41 Å². The van der Waals surface area contributed by atoms with Gasteiger partial charge in [0.05, 0.1) is 6.54 Å². The summed E-state index contributed by atoms with van der Waals surface area (Å²) in [5.41, 5.74) is 11.8. The highest BCUT2D eigenvalue weighted by atomic mass is 32.1. The summed E-state index contributed by atoms with van der Waals surface area (Å²) in [5.74, 6) is 1.53. The highest BCUT2D eigenvalue weighted by Crippen LogP contribution is 2.28. The Morgan fingerprint density at radius 3 is 2.76 bits per heavy atom. The zero-order valence-corrected chi connectivity index (χ0v) is 15.4. The van der Waals surface area contributed by atoms with Crippen LogP contribution in [-0.4, -0.2) is 23.5 Å². The molecule has 2 rings (SSSR count). The Kier molecular flexibility index (Phi) is 6.02. The van der Waals surface area contributed by atoms with Crippen molar-refractivity contribution < 1.29 is 9.21 Å². The summed E-state index contributed by atoms with van der Waals surface area (Å²) in [6, 6.07) is 2.94. The Hall–Kier alpha value is -2.55. The summed E-state index contributed by atoms with van der Waals surface area (Å²) < 4.78 is 5.62. The molecule has 0 aliphatic carbocycles. The Balaban J connectivity index is 1.95. The molecule has 0 saturated carbocycles. The second-order valence-corrected chi connectivity index (χ2v) is 7.57. The van der Waals surface area contributed by atoms with E-state index < -0.39 is 6.03 Å². The highest BCUT2D eigenvalue weighted by molar-refractivity contribution is 7.13. The van der Waals surface area contributed by atoms with Gasteiger partial charge in [0, 0.05) is 11.9 Å². The maximum absolute atomic E-state index is 10.7. The van der Waals surface area contributed by atoms with Crippen molar-refractivity contribution in [1.29, 1.82) is 0 Å². The Morgan fingerprint density at radius 1 is 1.32 bits per heavy atom. The topological polar surface area (TPSA) is 132 Å². The van der Waals surface area contributed by atoms with Crippen LogP contribution in [0.2, 0.25) is 0 Å². The van der Waals surface area contributed by atoms with Gasteiger partial charge in [0.15, 0.2) is 11.7 Å². The molecule has 0 saturated heterocycles. The molecular formula is C16H24N6O2S. The minimum atomic E-state index is -0.599. The lowest BCUT2D eigenvalue weighted by molar-refractivity contribution is 0.247. The fraction of sp³-hybridized carbons (Fsp3) is 0.438. The van der Waals surface area contributed by atoms with Crippen LogP contribution in [0.4, 0.5) is 9.93 Å². The minimum absolute atomic E-state index is 0.231. The second kappa shape index (κ2) is 8.02. The monoisotopic (exact) mass is 364 g/mol. The van der Waals surface area contributed by atoms with E-state index in [-0.39, 0.29) is 12.0 Å². The number of carbonyl (C=O) groups is 1. The van der Waals surface area contributed by atoms with Gasteiger partial charge in [0.2, 0.25) is 5.13 Å². The number of urea groups is 1. The van der Waals surface area contributed by atoms with Gasteiger partial charge in [-0.2, -0.15) is 4.99 Å². The van der Waals surface area contributed by atoms with Gasteiger partial charge in [-0.05, 0) is 24.0 Å². The summed E-state index contributed by atoms with van der Waals surface area (Å²) in [5, 5.41) is 7.94. The van der Waals surface area contributed by atoms with E-state index in [1.54, 1.807) is 12.1 Å². The molecule has 8 nitrogen and oxygen atoms in total. The molecule has 0 bridgehead atoms. The molecule has 2 amide bonds. The van der Waals surface area contributed by atoms with Crippen LogP contribution in [-0.2, 0) is 6.54 Å². The number of nitrogens with two attached hydrogens (primary N) is 2. The number of nitrogens with zero attached hydrogens (tertiary/aromatic N) is 2. The van der Waals surface area contributed by atoms with Crippen molar-refractivity contribution in [2.45, 2.75) is 33.7 Å². The lowest BCUT2D eigenvalue weighted by atomic mass is 9.92. The molecule has 136 valence electrons. The van der Waals surface area contributed by atoms with Crippen LogP contribution in [0.5, 0.6) is 0 Å². The molecule has 0 unspecified atom stereocenters. The molecule has 0 aliphatic rings. The predicted octanol–water partition coefficient (Wildman–Crippen LogP) is 2.54. The molecule has 9 heteroatoms. The lowest BCUT2D eigenvalue weighted by Crippen LogP contribution is -2.33. The number of aromatic nitrogens is 1. The number of carbonyl (C=O) groups excluding carboxylic acids is 1. The lowest BCUT2D eigenvalue weighted by Gasteiger charge is -2.18. The second-order valence-electron chi connectivity index (χ2n) is 6.73. The van der Waals surface area contributed by atoms with Crippen molar-refractivity contribution in [1.82, 2.24) is 15.6 Å². The van der Waals surface area contributed by atoms with Gasteiger partial charge in [-0.1, -0.05) is 20.8 Å². The zero-order valence-electron chi connectivity index (χ0n) is 14.6. The summed E-state index contributed by atoms with van der Waals surface area (Å²) in [7, 11) is 0. The smallest absolute Gasteiger partial charge is 0.312 e. The molecule has 0 aliphatic heterocycles. The first-order valence-electron chi connectivity index (χ1n) is 7.89.